The van der Waals surface area contributed by atoms with Gasteiger partial charge in [-0.15, -0.1) is 0 Å². The van der Waals surface area contributed by atoms with E-state index in [2.05, 4.69) is 18.8 Å². The first-order valence-corrected chi connectivity index (χ1v) is 10.9. The molecule has 1 atom stereocenters. The number of aromatic nitrogens is 2. The minimum absolute atomic E-state index is 0.0143. The normalized spacial score (nSPS) is 23.9. The van der Waals surface area contributed by atoms with Crippen LogP contribution in [-0.2, 0) is 9.59 Å². The molecule has 0 unspecified atom stereocenters. The minimum atomic E-state index is -0.0143. The second kappa shape index (κ2) is 8.18. The van der Waals surface area contributed by atoms with E-state index >= 15 is 0 Å². The third-order valence-corrected chi connectivity index (χ3v) is 6.45. The van der Waals surface area contributed by atoms with Gasteiger partial charge in [-0.3, -0.25) is 9.59 Å². The number of hydrogen-bond acceptors (Lipinski definition) is 4. The van der Waals surface area contributed by atoms with Crippen molar-refractivity contribution in [2.45, 2.75) is 64.2 Å². The third kappa shape index (κ3) is 4.20. The van der Waals surface area contributed by atoms with E-state index in [9.17, 15) is 9.59 Å². The van der Waals surface area contributed by atoms with Crippen LogP contribution >= 0.6 is 0 Å². The molecule has 3 heterocycles. The third-order valence-electron chi connectivity index (χ3n) is 6.45. The zero-order valence-electron chi connectivity index (χ0n) is 17.1. The Labute approximate surface area is 167 Å². The van der Waals surface area contributed by atoms with Crippen LogP contribution in [0.2, 0.25) is 0 Å². The molecule has 6 nitrogen and oxygen atoms in total. The highest BCUT2D eigenvalue weighted by atomic mass is 16.2. The first kappa shape index (κ1) is 19.3. The Morgan fingerprint density at radius 3 is 2.36 bits per heavy atom. The molecule has 1 saturated carbocycles. The number of rotatable bonds is 4. The summed E-state index contributed by atoms with van der Waals surface area (Å²) in [5.41, 5.74) is 1.12. The molecule has 4 rings (SSSR count). The molecule has 0 spiro atoms. The number of hydrogen-bond donors (Lipinski definition) is 0. The zero-order valence-corrected chi connectivity index (χ0v) is 17.1. The molecule has 0 bridgehead atoms. The van der Waals surface area contributed by atoms with E-state index < -0.39 is 0 Å². The lowest BCUT2D eigenvalue weighted by Crippen LogP contribution is -2.48. The average Bonchev–Trinajstić information content (AvgIpc) is 3.58. The molecule has 3 aliphatic rings. The van der Waals surface area contributed by atoms with Gasteiger partial charge < -0.3 is 9.80 Å². The molecule has 2 aliphatic heterocycles. The number of piperidine rings is 2. The first-order chi connectivity index (χ1) is 13.5. The van der Waals surface area contributed by atoms with Gasteiger partial charge in [0.1, 0.15) is 5.82 Å². The van der Waals surface area contributed by atoms with Crippen LogP contribution in [0.4, 0.5) is 0 Å². The maximum Gasteiger partial charge on any atom is 0.227 e. The fourth-order valence-corrected chi connectivity index (χ4v) is 4.52. The van der Waals surface area contributed by atoms with Crippen LogP contribution in [0.15, 0.2) is 12.3 Å². The van der Waals surface area contributed by atoms with Crippen LogP contribution in [0.25, 0.3) is 0 Å². The second-order valence-corrected chi connectivity index (χ2v) is 8.99. The van der Waals surface area contributed by atoms with E-state index in [-0.39, 0.29) is 23.7 Å². The molecule has 1 aromatic heterocycles. The molecule has 28 heavy (non-hydrogen) atoms. The summed E-state index contributed by atoms with van der Waals surface area (Å²) >= 11 is 0. The number of nitrogens with zero attached hydrogens (tertiary/aromatic N) is 4. The van der Waals surface area contributed by atoms with Gasteiger partial charge in [-0.1, -0.05) is 13.8 Å². The van der Waals surface area contributed by atoms with Crippen LogP contribution < -0.4 is 0 Å². The highest BCUT2D eigenvalue weighted by Gasteiger charge is 2.38. The fraction of sp³-hybridized carbons (Fsp3) is 0.727. The largest absolute Gasteiger partial charge is 0.342 e. The lowest BCUT2D eigenvalue weighted by Gasteiger charge is -2.38. The molecule has 2 amide bonds. The zero-order chi connectivity index (χ0) is 19.7. The number of carbonyl (C=O) groups excluding carboxylic acids is 2. The Morgan fingerprint density at radius 2 is 1.68 bits per heavy atom. The SMILES string of the molecule is CC(C)c1nccc(C2CCN(C(=O)[C@H]3CCCN(C(=O)C4CC4)C3)CC2)n1. The second-order valence-electron chi connectivity index (χ2n) is 8.99. The highest BCUT2D eigenvalue weighted by Crippen LogP contribution is 2.33. The predicted octanol–water partition coefficient (Wildman–Crippen LogP) is 2.95. The molecule has 6 heteroatoms. The number of likely N-dealkylation sites (tertiary alicyclic amines) is 2. The standard InChI is InChI=1S/C22H32N4O2/c1-15(2)20-23-10-7-19(24-20)16-8-12-25(13-9-16)22(28)18-4-3-11-26(14-18)21(27)17-5-6-17/h7,10,15-18H,3-6,8-9,11-14H2,1-2H3/t18-/m0/s1. The Bertz CT molecular complexity index is 723. The highest BCUT2D eigenvalue weighted by molar-refractivity contribution is 5.83. The molecule has 1 aromatic rings. The summed E-state index contributed by atoms with van der Waals surface area (Å²) in [4.78, 5) is 38.5. The van der Waals surface area contributed by atoms with Crippen molar-refractivity contribution in [3.05, 3.63) is 23.8 Å². The Kier molecular flexibility index (Phi) is 5.65. The van der Waals surface area contributed by atoms with E-state index in [1.807, 2.05) is 22.1 Å². The van der Waals surface area contributed by atoms with Gasteiger partial charge in [0.15, 0.2) is 0 Å². The van der Waals surface area contributed by atoms with Crippen LogP contribution in [0, 0.1) is 11.8 Å². The van der Waals surface area contributed by atoms with Gasteiger partial charge in [0.25, 0.3) is 0 Å². The number of amides is 2. The minimum Gasteiger partial charge on any atom is -0.342 e. The van der Waals surface area contributed by atoms with Gasteiger partial charge in [0.05, 0.1) is 5.92 Å². The van der Waals surface area contributed by atoms with Crippen LogP contribution in [0.1, 0.15) is 75.7 Å². The van der Waals surface area contributed by atoms with Gasteiger partial charge in [-0.05, 0) is 44.6 Å². The Morgan fingerprint density at radius 1 is 0.964 bits per heavy atom. The number of carbonyl (C=O) groups is 2. The van der Waals surface area contributed by atoms with Gasteiger partial charge in [-0.2, -0.15) is 0 Å². The van der Waals surface area contributed by atoms with Crippen LogP contribution in [0.3, 0.4) is 0 Å². The quantitative estimate of drug-likeness (QED) is 0.800. The van der Waals surface area contributed by atoms with Gasteiger partial charge in [0.2, 0.25) is 11.8 Å². The van der Waals surface area contributed by atoms with E-state index in [4.69, 9.17) is 4.98 Å². The summed E-state index contributed by atoms with van der Waals surface area (Å²) in [5.74, 6) is 2.39. The maximum atomic E-state index is 13.1. The van der Waals surface area contributed by atoms with E-state index in [0.717, 1.165) is 69.7 Å². The van der Waals surface area contributed by atoms with Gasteiger partial charge in [0, 0.05) is 55.8 Å². The van der Waals surface area contributed by atoms with Crippen molar-refractivity contribution < 1.29 is 9.59 Å². The molecule has 0 radical (unpaired) electrons. The van der Waals surface area contributed by atoms with Crippen molar-refractivity contribution in [2.75, 3.05) is 26.2 Å². The predicted molar refractivity (Wildman–Crippen MR) is 107 cm³/mol. The van der Waals surface area contributed by atoms with Crippen molar-refractivity contribution in [3.8, 4) is 0 Å². The van der Waals surface area contributed by atoms with Crippen LogP contribution in [0.5, 0.6) is 0 Å². The topological polar surface area (TPSA) is 66.4 Å². The lowest BCUT2D eigenvalue weighted by molar-refractivity contribution is -0.142. The maximum absolute atomic E-state index is 13.1. The Balaban J connectivity index is 1.32. The average molecular weight is 385 g/mol. The van der Waals surface area contributed by atoms with Crippen molar-refractivity contribution in [1.82, 2.24) is 19.8 Å². The van der Waals surface area contributed by atoms with Gasteiger partial charge >= 0.3 is 0 Å². The van der Waals surface area contributed by atoms with E-state index in [0.29, 0.717) is 18.4 Å². The van der Waals surface area contributed by atoms with Crippen molar-refractivity contribution in [2.24, 2.45) is 11.8 Å². The van der Waals surface area contributed by atoms with Gasteiger partial charge in [-0.25, -0.2) is 9.97 Å². The molecular weight excluding hydrogens is 352 g/mol. The molecule has 2 saturated heterocycles. The van der Waals surface area contributed by atoms with Crippen molar-refractivity contribution in [1.29, 1.82) is 0 Å². The summed E-state index contributed by atoms with van der Waals surface area (Å²) in [5, 5.41) is 0. The van der Waals surface area contributed by atoms with Crippen molar-refractivity contribution in [3.63, 3.8) is 0 Å². The molecule has 152 valence electrons. The lowest BCUT2D eigenvalue weighted by atomic mass is 9.90. The first-order valence-electron chi connectivity index (χ1n) is 10.9. The monoisotopic (exact) mass is 384 g/mol. The molecular formula is C22H32N4O2. The fourth-order valence-electron chi connectivity index (χ4n) is 4.52. The van der Waals surface area contributed by atoms with Crippen molar-refractivity contribution >= 4 is 11.8 Å². The van der Waals surface area contributed by atoms with E-state index in [1.54, 1.807) is 0 Å². The smallest absolute Gasteiger partial charge is 0.227 e. The summed E-state index contributed by atoms with van der Waals surface area (Å²) in [6.45, 7) is 7.25. The summed E-state index contributed by atoms with van der Waals surface area (Å²) in [7, 11) is 0. The van der Waals surface area contributed by atoms with E-state index in [1.165, 1.54) is 0 Å². The molecule has 0 N–H and O–H groups in total. The molecule has 0 aromatic carbocycles. The summed E-state index contributed by atoms with van der Waals surface area (Å²) in [6.07, 6.45) is 7.70. The molecule has 1 aliphatic carbocycles. The summed E-state index contributed by atoms with van der Waals surface area (Å²) in [6, 6.07) is 2.02. The molecule has 3 fully saturated rings. The Hall–Kier alpha value is -1.98. The summed E-state index contributed by atoms with van der Waals surface area (Å²) < 4.78 is 0. The van der Waals surface area contributed by atoms with Crippen LogP contribution in [-0.4, -0.2) is 57.8 Å².